The zero-order valence-electron chi connectivity index (χ0n) is 14.6. The third-order valence-electron chi connectivity index (χ3n) is 3.65. The summed E-state index contributed by atoms with van der Waals surface area (Å²) in [6.07, 6.45) is -4.68. The molecule has 2 aromatic rings. The molecule has 0 saturated heterocycles. The summed E-state index contributed by atoms with van der Waals surface area (Å²) in [5, 5.41) is 11.4. The molecule has 142 valence electrons. The molecule has 1 amide bonds. The van der Waals surface area contributed by atoms with Gasteiger partial charge < -0.3 is 5.32 Å². The Balaban J connectivity index is 2.28. The van der Waals surface area contributed by atoms with E-state index in [1.807, 2.05) is 0 Å². The number of carbonyl (C=O) groups excluding carboxylic acids is 1. The van der Waals surface area contributed by atoms with Crippen molar-refractivity contribution in [2.24, 2.45) is 0 Å². The van der Waals surface area contributed by atoms with Gasteiger partial charge in [0.2, 0.25) is 5.91 Å². The van der Waals surface area contributed by atoms with E-state index < -0.39 is 28.5 Å². The van der Waals surface area contributed by atoms with Crippen LogP contribution in [0, 0.1) is 25.2 Å². The van der Waals surface area contributed by atoms with Crippen LogP contribution in [0.5, 0.6) is 0 Å². The van der Waals surface area contributed by atoms with Gasteiger partial charge in [0.15, 0.2) is 0 Å². The summed E-state index contributed by atoms with van der Waals surface area (Å²) < 4.78 is 39.5. The predicted octanol–water partition coefficient (Wildman–Crippen LogP) is 5.36. The number of rotatable bonds is 4. The van der Waals surface area contributed by atoms with Crippen LogP contribution in [0.2, 0.25) is 5.02 Å². The second-order valence-electron chi connectivity index (χ2n) is 5.81. The first-order chi connectivity index (χ1) is 12.5. The Labute approximate surface area is 163 Å². The number of aromatic nitrogens is 1. The van der Waals surface area contributed by atoms with Gasteiger partial charge >= 0.3 is 6.18 Å². The molecule has 1 aromatic heterocycles. The number of hydrogen-bond donors (Lipinski definition) is 1. The Bertz CT molecular complexity index is 925. The van der Waals surface area contributed by atoms with Gasteiger partial charge in [-0.2, -0.15) is 18.4 Å². The number of alkyl halides is 3. The molecule has 0 aliphatic rings. The number of nitrogens with zero attached hydrogens (tertiary/aromatic N) is 2. The number of hydrogen-bond acceptors (Lipinski definition) is 4. The van der Waals surface area contributed by atoms with Crippen LogP contribution < -0.4 is 5.32 Å². The van der Waals surface area contributed by atoms with Gasteiger partial charge in [-0.3, -0.25) is 4.79 Å². The van der Waals surface area contributed by atoms with Crippen molar-refractivity contribution >= 4 is 35.0 Å². The van der Waals surface area contributed by atoms with Gasteiger partial charge in [0.05, 0.1) is 16.4 Å². The highest BCUT2D eigenvalue weighted by Gasteiger charge is 2.36. The quantitative estimate of drug-likeness (QED) is 0.685. The van der Waals surface area contributed by atoms with Crippen LogP contribution in [0.15, 0.2) is 29.3 Å². The molecule has 0 spiro atoms. The molecule has 1 aromatic carbocycles. The molecule has 1 atom stereocenters. The van der Waals surface area contributed by atoms with Crippen LogP contribution in [0.25, 0.3) is 0 Å². The molecule has 1 heterocycles. The largest absolute Gasteiger partial charge is 0.417 e. The van der Waals surface area contributed by atoms with E-state index in [4.69, 9.17) is 11.6 Å². The van der Waals surface area contributed by atoms with Gasteiger partial charge in [0, 0.05) is 16.4 Å². The maximum atomic E-state index is 13.2. The van der Waals surface area contributed by atoms with Crippen LogP contribution in [-0.2, 0) is 11.0 Å². The lowest BCUT2D eigenvalue weighted by Gasteiger charge is -2.16. The molecule has 4 nitrogen and oxygen atoms in total. The Morgan fingerprint density at radius 3 is 2.59 bits per heavy atom. The molecule has 0 saturated carbocycles. The molecule has 27 heavy (non-hydrogen) atoms. The van der Waals surface area contributed by atoms with Crippen molar-refractivity contribution in [3.05, 3.63) is 51.7 Å². The fourth-order valence-corrected chi connectivity index (χ4v) is 3.39. The molecule has 1 N–H and O–H groups in total. The van der Waals surface area contributed by atoms with Gasteiger partial charge in [-0.05, 0) is 44.5 Å². The number of anilines is 1. The summed E-state index contributed by atoms with van der Waals surface area (Å²) >= 11 is 6.72. The Morgan fingerprint density at radius 1 is 1.33 bits per heavy atom. The van der Waals surface area contributed by atoms with Crippen molar-refractivity contribution < 1.29 is 18.0 Å². The van der Waals surface area contributed by atoms with Crippen LogP contribution in [-0.4, -0.2) is 16.1 Å². The van der Waals surface area contributed by atoms with Crippen molar-refractivity contribution in [2.45, 2.75) is 37.2 Å². The second kappa shape index (κ2) is 8.19. The molecule has 0 radical (unpaired) electrons. The molecule has 0 fully saturated rings. The number of thioether (sulfide) groups is 1. The third kappa shape index (κ3) is 5.15. The lowest BCUT2D eigenvalue weighted by molar-refractivity contribution is -0.138. The zero-order valence-corrected chi connectivity index (χ0v) is 16.2. The normalized spacial score (nSPS) is 12.4. The van der Waals surface area contributed by atoms with E-state index >= 15 is 0 Å². The van der Waals surface area contributed by atoms with Gasteiger partial charge in [-0.15, -0.1) is 0 Å². The molecule has 0 aliphatic heterocycles. The highest BCUT2D eigenvalue weighted by Crippen LogP contribution is 2.37. The summed E-state index contributed by atoms with van der Waals surface area (Å²) in [4.78, 5) is 16.5. The molecular formula is C18H15ClF3N3OS. The zero-order chi connectivity index (χ0) is 20.4. The molecule has 9 heteroatoms. The average Bonchev–Trinajstić information content (AvgIpc) is 2.56. The van der Waals surface area contributed by atoms with Gasteiger partial charge in [0.25, 0.3) is 0 Å². The molecule has 0 aliphatic carbocycles. The Hall–Kier alpha value is -2.24. The first kappa shape index (κ1) is 21.1. The molecule has 0 bridgehead atoms. The SMILES string of the molecule is Cc1cc(C(F)(F)F)c(C#N)c(SC(C)C(=O)Nc2cc(Cl)ccc2C)n1. The van der Waals surface area contributed by atoms with Crippen molar-refractivity contribution in [2.75, 3.05) is 5.32 Å². The van der Waals surface area contributed by atoms with Crippen molar-refractivity contribution in [3.63, 3.8) is 0 Å². The number of amides is 1. The topological polar surface area (TPSA) is 65.8 Å². The van der Waals surface area contributed by atoms with Crippen molar-refractivity contribution in [1.82, 2.24) is 4.98 Å². The predicted molar refractivity (Wildman–Crippen MR) is 98.8 cm³/mol. The van der Waals surface area contributed by atoms with E-state index in [0.29, 0.717) is 10.7 Å². The number of pyridine rings is 1. The summed E-state index contributed by atoms with van der Waals surface area (Å²) in [7, 11) is 0. The summed E-state index contributed by atoms with van der Waals surface area (Å²) in [5.74, 6) is -0.439. The minimum atomic E-state index is -4.68. The molecular weight excluding hydrogens is 399 g/mol. The van der Waals surface area contributed by atoms with Gasteiger partial charge in [0.1, 0.15) is 11.1 Å². The van der Waals surface area contributed by atoms with Crippen LogP contribution in [0.4, 0.5) is 18.9 Å². The highest BCUT2D eigenvalue weighted by atomic mass is 35.5. The van der Waals surface area contributed by atoms with Crippen molar-refractivity contribution in [3.8, 4) is 6.07 Å². The first-order valence-corrected chi connectivity index (χ1v) is 9.01. The second-order valence-corrected chi connectivity index (χ2v) is 7.58. The van der Waals surface area contributed by atoms with E-state index in [-0.39, 0.29) is 10.7 Å². The maximum Gasteiger partial charge on any atom is 0.417 e. The van der Waals surface area contributed by atoms with E-state index in [1.165, 1.54) is 13.8 Å². The number of halogens is 4. The number of nitriles is 1. The standard InChI is InChI=1S/C18H15ClF3N3OS/c1-9-4-5-12(19)7-15(9)25-16(26)11(3)27-17-13(8-23)14(18(20,21)22)6-10(2)24-17/h4-7,11H,1-3H3,(H,25,26). The highest BCUT2D eigenvalue weighted by molar-refractivity contribution is 8.00. The van der Waals surface area contributed by atoms with E-state index in [2.05, 4.69) is 10.3 Å². The van der Waals surface area contributed by atoms with Gasteiger partial charge in [-0.25, -0.2) is 4.98 Å². The molecule has 2 rings (SSSR count). The fourth-order valence-electron chi connectivity index (χ4n) is 2.25. The molecule has 1 unspecified atom stereocenters. The average molecular weight is 414 g/mol. The smallest absolute Gasteiger partial charge is 0.325 e. The summed E-state index contributed by atoms with van der Waals surface area (Å²) in [6.45, 7) is 4.72. The fraction of sp³-hybridized carbons (Fsp3) is 0.278. The number of nitrogens with one attached hydrogen (secondary N) is 1. The van der Waals surface area contributed by atoms with E-state index in [1.54, 1.807) is 31.2 Å². The lowest BCUT2D eigenvalue weighted by atomic mass is 10.1. The van der Waals surface area contributed by atoms with Crippen LogP contribution in [0.3, 0.4) is 0 Å². The van der Waals surface area contributed by atoms with Crippen LogP contribution >= 0.6 is 23.4 Å². The first-order valence-electron chi connectivity index (χ1n) is 7.75. The Morgan fingerprint density at radius 2 is 2.00 bits per heavy atom. The maximum absolute atomic E-state index is 13.2. The lowest BCUT2D eigenvalue weighted by Crippen LogP contribution is -2.23. The van der Waals surface area contributed by atoms with E-state index in [9.17, 15) is 23.2 Å². The summed E-state index contributed by atoms with van der Waals surface area (Å²) in [6, 6.07) is 7.38. The number of carbonyl (C=O) groups is 1. The third-order valence-corrected chi connectivity index (χ3v) is 4.97. The van der Waals surface area contributed by atoms with Gasteiger partial charge in [-0.1, -0.05) is 29.4 Å². The van der Waals surface area contributed by atoms with E-state index in [0.717, 1.165) is 23.4 Å². The number of benzene rings is 1. The number of aryl methyl sites for hydroxylation is 2. The van der Waals surface area contributed by atoms with Crippen LogP contribution in [0.1, 0.15) is 29.3 Å². The monoisotopic (exact) mass is 413 g/mol. The summed E-state index contributed by atoms with van der Waals surface area (Å²) in [5.41, 5.74) is -0.235. The minimum Gasteiger partial charge on any atom is -0.325 e. The Kier molecular flexibility index (Phi) is 6.39. The van der Waals surface area contributed by atoms with Crippen molar-refractivity contribution in [1.29, 1.82) is 5.26 Å². The minimum absolute atomic E-state index is 0.113.